The summed E-state index contributed by atoms with van der Waals surface area (Å²) in [6.45, 7) is 6.00. The van der Waals surface area contributed by atoms with Crippen LogP contribution >= 0.6 is 0 Å². The van der Waals surface area contributed by atoms with Gasteiger partial charge in [-0.25, -0.2) is 13.6 Å². The monoisotopic (exact) mass is 314 g/mol. The van der Waals surface area contributed by atoms with E-state index >= 15 is 0 Å². The largest absolute Gasteiger partial charge is 0.483 e. The van der Waals surface area contributed by atoms with Crippen LogP contribution in [0, 0.1) is 13.8 Å². The van der Waals surface area contributed by atoms with Crippen LogP contribution < -0.4 is 15.2 Å². The first kappa shape index (κ1) is 17.5. The average Bonchev–Trinajstić information content (AvgIpc) is 2.36. The van der Waals surface area contributed by atoms with Crippen molar-refractivity contribution in [2.24, 2.45) is 5.14 Å². The van der Waals surface area contributed by atoms with Gasteiger partial charge < -0.3 is 10.1 Å². The van der Waals surface area contributed by atoms with Gasteiger partial charge in [0, 0.05) is 6.54 Å². The number of primary sulfonamides is 1. The Bertz CT molecular complexity index is 588. The van der Waals surface area contributed by atoms with Crippen LogP contribution in [0.1, 0.15) is 30.9 Å². The van der Waals surface area contributed by atoms with E-state index in [4.69, 9.17) is 9.88 Å². The first-order valence-corrected chi connectivity index (χ1v) is 8.34. The summed E-state index contributed by atoms with van der Waals surface area (Å²) in [6.07, 6.45) is 1.93. The standard InChI is InChI=1S/C14H22N2O4S/c1-4-5-6-16-13(17)9-20-14-10(2)7-12(8-11(14)3)21(15,18)19/h7-8H,4-6,9H2,1-3H3,(H,16,17)(H2,15,18,19). The first-order valence-electron chi connectivity index (χ1n) is 6.79. The molecule has 118 valence electrons. The number of nitrogens with two attached hydrogens (primary N) is 1. The van der Waals surface area contributed by atoms with Gasteiger partial charge in [-0.15, -0.1) is 0 Å². The summed E-state index contributed by atoms with van der Waals surface area (Å²) in [5.74, 6) is 0.311. The molecule has 1 aromatic carbocycles. The molecule has 0 atom stereocenters. The molecule has 0 heterocycles. The van der Waals surface area contributed by atoms with Crippen molar-refractivity contribution < 1.29 is 17.9 Å². The maximum Gasteiger partial charge on any atom is 0.257 e. The van der Waals surface area contributed by atoms with E-state index in [1.807, 2.05) is 6.92 Å². The molecule has 6 nitrogen and oxygen atoms in total. The number of sulfonamides is 1. The van der Waals surface area contributed by atoms with E-state index in [-0.39, 0.29) is 17.4 Å². The number of unbranched alkanes of at least 4 members (excludes halogenated alkanes) is 1. The van der Waals surface area contributed by atoms with Crippen LogP contribution in [0.5, 0.6) is 5.75 Å². The minimum Gasteiger partial charge on any atom is -0.483 e. The molecule has 1 aromatic rings. The highest BCUT2D eigenvalue weighted by Crippen LogP contribution is 2.26. The Morgan fingerprint density at radius 1 is 1.29 bits per heavy atom. The fraction of sp³-hybridized carbons (Fsp3) is 0.500. The molecule has 1 rings (SSSR count). The Morgan fingerprint density at radius 3 is 2.33 bits per heavy atom. The molecule has 0 radical (unpaired) electrons. The summed E-state index contributed by atoms with van der Waals surface area (Å²) < 4.78 is 28.1. The number of nitrogens with one attached hydrogen (secondary N) is 1. The number of rotatable bonds is 7. The maximum absolute atomic E-state index is 11.6. The molecule has 3 N–H and O–H groups in total. The Balaban J connectivity index is 2.75. The Kier molecular flexibility index (Phi) is 6.17. The number of aryl methyl sites for hydroxylation is 2. The molecule has 0 unspecified atom stereocenters. The molecule has 1 amide bonds. The highest BCUT2D eigenvalue weighted by Gasteiger charge is 2.14. The van der Waals surface area contributed by atoms with Crippen LogP contribution in [0.15, 0.2) is 17.0 Å². The summed E-state index contributed by atoms with van der Waals surface area (Å²) >= 11 is 0. The summed E-state index contributed by atoms with van der Waals surface area (Å²) in [5, 5.41) is 7.85. The summed E-state index contributed by atoms with van der Waals surface area (Å²) in [5.41, 5.74) is 1.25. The SMILES string of the molecule is CCCCNC(=O)COc1c(C)cc(S(N)(=O)=O)cc1C. The predicted molar refractivity (Wildman–Crippen MR) is 80.7 cm³/mol. The molecule has 0 saturated heterocycles. The van der Waals surface area contributed by atoms with E-state index in [1.165, 1.54) is 12.1 Å². The van der Waals surface area contributed by atoms with E-state index in [1.54, 1.807) is 13.8 Å². The topological polar surface area (TPSA) is 98.5 Å². The van der Waals surface area contributed by atoms with Gasteiger partial charge in [-0.1, -0.05) is 13.3 Å². The van der Waals surface area contributed by atoms with Gasteiger partial charge in [0.05, 0.1) is 4.90 Å². The van der Waals surface area contributed by atoms with Crippen molar-refractivity contribution in [1.82, 2.24) is 5.32 Å². The van der Waals surface area contributed by atoms with Gasteiger partial charge in [-0.2, -0.15) is 0 Å². The fourth-order valence-corrected chi connectivity index (χ4v) is 2.58. The second-order valence-electron chi connectivity index (χ2n) is 4.92. The third kappa shape index (κ3) is 5.35. The number of carbonyl (C=O) groups excluding carboxylic acids is 1. The Morgan fingerprint density at radius 2 is 1.86 bits per heavy atom. The molecule has 21 heavy (non-hydrogen) atoms. The molecule has 0 aliphatic rings. The van der Waals surface area contributed by atoms with Crippen LogP contribution in [0.25, 0.3) is 0 Å². The lowest BCUT2D eigenvalue weighted by Crippen LogP contribution is -2.29. The Hall–Kier alpha value is -1.60. The minimum atomic E-state index is -3.75. The molecule has 0 aliphatic carbocycles. The molecule has 0 aliphatic heterocycles. The van der Waals surface area contributed by atoms with Gasteiger partial charge in [0.1, 0.15) is 5.75 Å². The van der Waals surface area contributed by atoms with Crippen LogP contribution in [-0.2, 0) is 14.8 Å². The first-order chi connectivity index (χ1) is 9.75. The number of hydrogen-bond donors (Lipinski definition) is 2. The fourth-order valence-electron chi connectivity index (χ4n) is 1.90. The summed E-state index contributed by atoms with van der Waals surface area (Å²) in [4.78, 5) is 11.6. The van der Waals surface area contributed by atoms with Crippen LogP contribution in [0.3, 0.4) is 0 Å². The molecule has 0 saturated carbocycles. The summed E-state index contributed by atoms with van der Waals surface area (Å²) in [7, 11) is -3.75. The number of benzene rings is 1. The van der Waals surface area contributed by atoms with Crippen molar-refractivity contribution in [3.8, 4) is 5.75 Å². The zero-order valence-electron chi connectivity index (χ0n) is 12.6. The second kappa shape index (κ2) is 7.42. The number of hydrogen-bond acceptors (Lipinski definition) is 4. The molecular formula is C14H22N2O4S. The van der Waals surface area contributed by atoms with Gasteiger partial charge in [-0.05, 0) is 43.5 Å². The second-order valence-corrected chi connectivity index (χ2v) is 6.48. The quantitative estimate of drug-likeness (QED) is 0.740. The molecular weight excluding hydrogens is 292 g/mol. The van der Waals surface area contributed by atoms with Crippen LogP contribution in [-0.4, -0.2) is 27.5 Å². The van der Waals surface area contributed by atoms with Crippen molar-refractivity contribution in [3.05, 3.63) is 23.3 Å². The van der Waals surface area contributed by atoms with Crippen LogP contribution in [0.2, 0.25) is 0 Å². The van der Waals surface area contributed by atoms with Crippen molar-refractivity contribution in [2.45, 2.75) is 38.5 Å². The summed E-state index contributed by atoms with van der Waals surface area (Å²) in [6, 6.07) is 2.87. The van der Waals surface area contributed by atoms with Gasteiger partial charge in [-0.3, -0.25) is 4.79 Å². The number of ether oxygens (including phenoxy) is 1. The van der Waals surface area contributed by atoms with Gasteiger partial charge in [0.15, 0.2) is 6.61 Å². The average molecular weight is 314 g/mol. The van der Waals surface area contributed by atoms with Crippen molar-refractivity contribution in [1.29, 1.82) is 0 Å². The lowest BCUT2D eigenvalue weighted by Gasteiger charge is -2.13. The van der Waals surface area contributed by atoms with E-state index in [9.17, 15) is 13.2 Å². The van der Waals surface area contributed by atoms with E-state index in [0.717, 1.165) is 12.8 Å². The van der Waals surface area contributed by atoms with Crippen molar-refractivity contribution in [3.63, 3.8) is 0 Å². The van der Waals surface area contributed by atoms with Gasteiger partial charge in [0.25, 0.3) is 5.91 Å². The molecule has 0 fully saturated rings. The normalized spacial score (nSPS) is 11.2. The Labute approximate surface area is 125 Å². The lowest BCUT2D eigenvalue weighted by atomic mass is 10.1. The van der Waals surface area contributed by atoms with E-state index in [0.29, 0.717) is 23.4 Å². The van der Waals surface area contributed by atoms with E-state index in [2.05, 4.69) is 5.32 Å². The van der Waals surface area contributed by atoms with Gasteiger partial charge >= 0.3 is 0 Å². The molecule has 7 heteroatoms. The highest BCUT2D eigenvalue weighted by molar-refractivity contribution is 7.89. The smallest absolute Gasteiger partial charge is 0.257 e. The predicted octanol–water partition coefficient (Wildman–Crippen LogP) is 1.25. The van der Waals surface area contributed by atoms with Crippen molar-refractivity contribution in [2.75, 3.05) is 13.2 Å². The molecule has 0 aromatic heterocycles. The lowest BCUT2D eigenvalue weighted by molar-refractivity contribution is -0.123. The third-order valence-electron chi connectivity index (χ3n) is 2.96. The minimum absolute atomic E-state index is 0.0391. The maximum atomic E-state index is 11.6. The number of carbonyl (C=O) groups is 1. The van der Waals surface area contributed by atoms with Gasteiger partial charge in [0.2, 0.25) is 10.0 Å². The third-order valence-corrected chi connectivity index (χ3v) is 3.86. The van der Waals surface area contributed by atoms with Crippen LogP contribution in [0.4, 0.5) is 0 Å². The van der Waals surface area contributed by atoms with Crippen molar-refractivity contribution >= 4 is 15.9 Å². The highest BCUT2D eigenvalue weighted by atomic mass is 32.2. The zero-order chi connectivity index (χ0) is 16.0. The number of amides is 1. The molecule has 0 bridgehead atoms. The van der Waals surface area contributed by atoms with E-state index < -0.39 is 10.0 Å². The molecule has 0 spiro atoms. The zero-order valence-corrected chi connectivity index (χ0v) is 13.4.